The molecule has 0 aromatic heterocycles. The molecule has 0 saturated heterocycles. The van der Waals surface area contributed by atoms with Crippen LogP contribution in [-0.2, 0) is 4.79 Å². The molecule has 0 aliphatic carbocycles. The van der Waals surface area contributed by atoms with Gasteiger partial charge < -0.3 is 11.1 Å². The first kappa shape index (κ1) is 12.7. The summed E-state index contributed by atoms with van der Waals surface area (Å²) in [6.07, 6.45) is 0. The molecular weight excluding hydrogens is 172 g/mol. The number of halogens is 1. The van der Waals surface area contributed by atoms with E-state index in [-0.39, 0.29) is 18.3 Å². The van der Waals surface area contributed by atoms with Crippen molar-refractivity contribution in [2.45, 2.75) is 13.0 Å². The molecule has 0 aromatic rings. The fourth-order valence-electron chi connectivity index (χ4n) is 0.388. The first-order chi connectivity index (χ1) is 4.22. The van der Waals surface area contributed by atoms with Gasteiger partial charge in [0.2, 0.25) is 5.91 Å². The SMILES string of the molecule is CCNC(=O)[C@@H](N)CS.Cl. The van der Waals surface area contributed by atoms with Gasteiger partial charge in [0.05, 0.1) is 6.04 Å². The van der Waals surface area contributed by atoms with Gasteiger partial charge in [-0.1, -0.05) is 0 Å². The summed E-state index contributed by atoms with van der Waals surface area (Å²) in [6, 6.07) is -0.465. The monoisotopic (exact) mass is 184 g/mol. The number of likely N-dealkylation sites (N-methyl/N-ethyl adjacent to an activating group) is 1. The molecule has 10 heavy (non-hydrogen) atoms. The molecular formula is C5H13ClN2OS. The fraction of sp³-hybridized carbons (Fsp3) is 0.800. The van der Waals surface area contributed by atoms with Crippen LogP contribution in [0.3, 0.4) is 0 Å². The van der Waals surface area contributed by atoms with E-state index in [2.05, 4.69) is 17.9 Å². The molecule has 0 bridgehead atoms. The summed E-state index contributed by atoms with van der Waals surface area (Å²) >= 11 is 3.86. The lowest BCUT2D eigenvalue weighted by Gasteiger charge is -2.06. The zero-order chi connectivity index (χ0) is 7.28. The lowest BCUT2D eigenvalue weighted by molar-refractivity contribution is -0.121. The quantitative estimate of drug-likeness (QED) is 0.533. The van der Waals surface area contributed by atoms with Crippen LogP contribution in [-0.4, -0.2) is 24.2 Å². The zero-order valence-corrected chi connectivity index (χ0v) is 7.54. The predicted octanol–water partition coefficient (Wildman–Crippen LogP) is -0.199. The number of hydrogen-bond donors (Lipinski definition) is 3. The molecule has 1 amide bonds. The highest BCUT2D eigenvalue weighted by Crippen LogP contribution is 1.81. The minimum atomic E-state index is -0.465. The van der Waals surface area contributed by atoms with Crippen LogP contribution in [0.2, 0.25) is 0 Å². The van der Waals surface area contributed by atoms with E-state index in [0.29, 0.717) is 12.3 Å². The molecule has 0 unspecified atom stereocenters. The molecule has 62 valence electrons. The molecule has 0 rings (SSSR count). The average molecular weight is 185 g/mol. The van der Waals surface area contributed by atoms with Gasteiger partial charge in [-0.05, 0) is 6.92 Å². The number of carbonyl (C=O) groups is 1. The van der Waals surface area contributed by atoms with Crippen LogP contribution in [0.25, 0.3) is 0 Å². The Balaban J connectivity index is 0. The number of carbonyl (C=O) groups excluding carboxylic acids is 1. The third-order valence-electron chi connectivity index (χ3n) is 0.884. The smallest absolute Gasteiger partial charge is 0.237 e. The standard InChI is InChI=1S/C5H12N2OS.ClH/c1-2-7-5(8)4(6)3-9;/h4,9H,2-3,6H2,1H3,(H,7,8);1H/t4-;/m0./s1. The first-order valence-corrected chi connectivity index (χ1v) is 3.49. The summed E-state index contributed by atoms with van der Waals surface area (Å²) < 4.78 is 0. The molecule has 0 aliphatic heterocycles. The first-order valence-electron chi connectivity index (χ1n) is 2.86. The van der Waals surface area contributed by atoms with E-state index < -0.39 is 6.04 Å². The molecule has 5 heteroatoms. The van der Waals surface area contributed by atoms with Gasteiger partial charge in [0.1, 0.15) is 0 Å². The van der Waals surface area contributed by atoms with Gasteiger partial charge >= 0.3 is 0 Å². The molecule has 0 aliphatic rings. The highest BCUT2D eigenvalue weighted by Gasteiger charge is 2.08. The maximum Gasteiger partial charge on any atom is 0.237 e. The predicted molar refractivity (Wildman–Crippen MR) is 47.8 cm³/mol. The van der Waals surface area contributed by atoms with Crippen molar-refractivity contribution in [2.24, 2.45) is 5.73 Å². The minimum absolute atomic E-state index is 0. The van der Waals surface area contributed by atoms with Crippen molar-refractivity contribution in [3.05, 3.63) is 0 Å². The maximum absolute atomic E-state index is 10.7. The van der Waals surface area contributed by atoms with Crippen molar-refractivity contribution in [1.82, 2.24) is 5.32 Å². The Morgan fingerprint density at radius 2 is 2.30 bits per heavy atom. The lowest BCUT2D eigenvalue weighted by atomic mass is 10.3. The molecule has 3 nitrogen and oxygen atoms in total. The van der Waals surface area contributed by atoms with Crippen molar-refractivity contribution in [3.63, 3.8) is 0 Å². The molecule has 0 saturated carbocycles. The third-order valence-corrected chi connectivity index (χ3v) is 1.28. The topological polar surface area (TPSA) is 55.1 Å². The fourth-order valence-corrected chi connectivity index (χ4v) is 0.554. The lowest BCUT2D eigenvalue weighted by Crippen LogP contribution is -2.41. The number of amides is 1. The van der Waals surface area contributed by atoms with E-state index in [9.17, 15) is 4.79 Å². The van der Waals surface area contributed by atoms with E-state index in [1.807, 2.05) is 6.92 Å². The second kappa shape index (κ2) is 7.18. The van der Waals surface area contributed by atoms with E-state index in [0.717, 1.165) is 0 Å². The summed E-state index contributed by atoms with van der Waals surface area (Å²) in [5.41, 5.74) is 5.31. The van der Waals surface area contributed by atoms with Crippen molar-refractivity contribution in [3.8, 4) is 0 Å². The molecule has 3 N–H and O–H groups in total. The van der Waals surface area contributed by atoms with Crippen LogP contribution in [0, 0.1) is 0 Å². The number of hydrogen-bond acceptors (Lipinski definition) is 3. The highest BCUT2D eigenvalue weighted by atomic mass is 35.5. The summed E-state index contributed by atoms with van der Waals surface area (Å²) in [7, 11) is 0. The second-order valence-corrected chi connectivity index (χ2v) is 2.05. The largest absolute Gasteiger partial charge is 0.355 e. The molecule has 0 heterocycles. The van der Waals surface area contributed by atoms with Crippen LogP contribution in [0.4, 0.5) is 0 Å². The van der Waals surface area contributed by atoms with Gasteiger partial charge in [-0.3, -0.25) is 4.79 Å². The van der Waals surface area contributed by atoms with Gasteiger partial charge in [0.25, 0.3) is 0 Å². The number of nitrogens with two attached hydrogens (primary N) is 1. The second-order valence-electron chi connectivity index (χ2n) is 1.68. The van der Waals surface area contributed by atoms with E-state index in [4.69, 9.17) is 5.73 Å². The Labute approximate surface area is 72.6 Å². The number of thiol groups is 1. The van der Waals surface area contributed by atoms with Crippen LogP contribution in [0.1, 0.15) is 6.92 Å². The van der Waals surface area contributed by atoms with E-state index >= 15 is 0 Å². The van der Waals surface area contributed by atoms with Crippen LogP contribution in [0.5, 0.6) is 0 Å². The van der Waals surface area contributed by atoms with Crippen LogP contribution in [0.15, 0.2) is 0 Å². The average Bonchev–Trinajstić information content (AvgIpc) is 1.87. The zero-order valence-electron chi connectivity index (χ0n) is 5.83. The van der Waals surface area contributed by atoms with Crippen molar-refractivity contribution in [2.75, 3.05) is 12.3 Å². The van der Waals surface area contributed by atoms with Gasteiger partial charge in [-0.25, -0.2) is 0 Å². The Hall–Kier alpha value is 0.0700. The summed E-state index contributed by atoms with van der Waals surface area (Å²) in [5.74, 6) is 0.263. The summed E-state index contributed by atoms with van der Waals surface area (Å²) in [5, 5.41) is 2.58. The van der Waals surface area contributed by atoms with Gasteiger partial charge in [-0.15, -0.1) is 12.4 Å². The molecule has 0 aromatic carbocycles. The Kier molecular flexibility index (Phi) is 9.13. The van der Waals surface area contributed by atoms with Crippen LogP contribution < -0.4 is 11.1 Å². The highest BCUT2D eigenvalue weighted by molar-refractivity contribution is 7.80. The van der Waals surface area contributed by atoms with Crippen molar-refractivity contribution in [1.29, 1.82) is 0 Å². The Morgan fingerprint density at radius 3 is 2.60 bits per heavy atom. The maximum atomic E-state index is 10.7. The molecule has 0 spiro atoms. The molecule has 0 radical (unpaired) electrons. The van der Waals surface area contributed by atoms with Gasteiger partial charge in [-0.2, -0.15) is 12.6 Å². The van der Waals surface area contributed by atoms with E-state index in [1.165, 1.54) is 0 Å². The summed E-state index contributed by atoms with van der Waals surface area (Å²) in [4.78, 5) is 10.7. The van der Waals surface area contributed by atoms with Crippen molar-refractivity contribution >= 4 is 30.9 Å². The van der Waals surface area contributed by atoms with E-state index in [1.54, 1.807) is 0 Å². The Bertz CT molecular complexity index is 102. The normalized spacial score (nSPS) is 11.5. The minimum Gasteiger partial charge on any atom is -0.355 e. The van der Waals surface area contributed by atoms with Gasteiger partial charge in [0.15, 0.2) is 0 Å². The Morgan fingerprint density at radius 1 is 1.80 bits per heavy atom. The third kappa shape index (κ3) is 4.90. The number of rotatable bonds is 3. The van der Waals surface area contributed by atoms with Gasteiger partial charge in [0, 0.05) is 12.3 Å². The van der Waals surface area contributed by atoms with Crippen molar-refractivity contribution < 1.29 is 4.79 Å². The molecule has 0 fully saturated rings. The molecule has 1 atom stereocenters. The van der Waals surface area contributed by atoms with Crippen LogP contribution >= 0.6 is 25.0 Å². The summed E-state index contributed by atoms with van der Waals surface area (Å²) in [6.45, 7) is 2.48. The number of nitrogens with one attached hydrogen (secondary N) is 1.